The molecule has 2 amide bonds. The number of rotatable bonds is 5. The molecule has 4 rings (SSSR count). The Kier molecular flexibility index (Phi) is 5.87. The molecule has 0 saturated heterocycles. The second kappa shape index (κ2) is 8.59. The van der Waals surface area contributed by atoms with E-state index in [1.807, 2.05) is 31.4 Å². The van der Waals surface area contributed by atoms with Crippen LogP contribution in [0, 0.1) is 17.6 Å². The predicted molar refractivity (Wildman–Crippen MR) is 117 cm³/mol. The summed E-state index contributed by atoms with van der Waals surface area (Å²) in [6.07, 6.45) is 0. The van der Waals surface area contributed by atoms with Crippen LogP contribution < -0.4 is 5.32 Å². The number of thiophene rings is 1. The molecule has 2 atom stereocenters. The third kappa shape index (κ3) is 4.10. The Balaban J connectivity index is 1.83. The van der Waals surface area contributed by atoms with E-state index >= 15 is 0 Å². The first-order valence-electron chi connectivity index (χ1n) is 10.1. The monoisotopic (exact) mass is 440 g/mol. The van der Waals surface area contributed by atoms with E-state index in [1.54, 1.807) is 29.2 Å². The van der Waals surface area contributed by atoms with Crippen molar-refractivity contribution in [2.45, 2.75) is 25.8 Å². The van der Waals surface area contributed by atoms with Crippen molar-refractivity contribution < 1.29 is 18.4 Å². The molecule has 3 aromatic rings. The molecule has 4 nitrogen and oxygen atoms in total. The SMILES string of the molecule is CC(C)CN1C(=O)c2ccccc2[C@@H](C(=O)Nc2cc(F)ccc2F)[C@H]1c1cccs1. The van der Waals surface area contributed by atoms with Crippen molar-refractivity contribution in [2.24, 2.45) is 5.92 Å². The summed E-state index contributed by atoms with van der Waals surface area (Å²) in [5.74, 6) is -2.58. The lowest BCUT2D eigenvalue weighted by Gasteiger charge is -2.42. The van der Waals surface area contributed by atoms with E-state index < -0.39 is 29.5 Å². The van der Waals surface area contributed by atoms with Crippen LogP contribution in [0.3, 0.4) is 0 Å². The highest BCUT2D eigenvalue weighted by Gasteiger charge is 2.44. The molecule has 7 heteroatoms. The zero-order valence-electron chi connectivity index (χ0n) is 17.1. The molecule has 0 aliphatic carbocycles. The van der Waals surface area contributed by atoms with Crippen LogP contribution in [0.5, 0.6) is 0 Å². The fourth-order valence-electron chi connectivity index (χ4n) is 4.05. The highest BCUT2D eigenvalue weighted by Crippen LogP contribution is 2.45. The molecule has 1 aliphatic heterocycles. The van der Waals surface area contributed by atoms with Crippen molar-refractivity contribution in [1.29, 1.82) is 0 Å². The summed E-state index contributed by atoms with van der Waals surface area (Å²) < 4.78 is 27.9. The Morgan fingerprint density at radius 2 is 1.90 bits per heavy atom. The van der Waals surface area contributed by atoms with Gasteiger partial charge >= 0.3 is 0 Å². The molecule has 160 valence electrons. The number of carbonyl (C=O) groups excluding carboxylic acids is 2. The zero-order chi connectivity index (χ0) is 22.1. The van der Waals surface area contributed by atoms with Crippen molar-refractivity contribution in [3.63, 3.8) is 0 Å². The van der Waals surface area contributed by atoms with Crippen molar-refractivity contribution in [3.8, 4) is 0 Å². The van der Waals surface area contributed by atoms with Crippen LogP contribution in [0.1, 0.15) is 46.6 Å². The van der Waals surface area contributed by atoms with Crippen molar-refractivity contribution in [2.75, 3.05) is 11.9 Å². The van der Waals surface area contributed by atoms with E-state index in [0.717, 1.165) is 23.1 Å². The highest BCUT2D eigenvalue weighted by molar-refractivity contribution is 7.10. The molecular formula is C24H22F2N2O2S. The Labute approximate surface area is 183 Å². The number of nitrogens with one attached hydrogen (secondary N) is 1. The van der Waals surface area contributed by atoms with Gasteiger partial charge in [-0.25, -0.2) is 8.78 Å². The van der Waals surface area contributed by atoms with Crippen LogP contribution in [-0.4, -0.2) is 23.3 Å². The van der Waals surface area contributed by atoms with Gasteiger partial charge in [0.1, 0.15) is 11.6 Å². The number of hydrogen-bond acceptors (Lipinski definition) is 3. The molecule has 31 heavy (non-hydrogen) atoms. The molecule has 0 bridgehead atoms. The summed E-state index contributed by atoms with van der Waals surface area (Å²) in [7, 11) is 0. The van der Waals surface area contributed by atoms with Crippen molar-refractivity contribution in [3.05, 3.63) is 87.6 Å². The average Bonchev–Trinajstić information content (AvgIpc) is 3.26. The molecule has 0 radical (unpaired) electrons. The molecule has 2 aromatic carbocycles. The molecule has 0 unspecified atom stereocenters. The van der Waals surface area contributed by atoms with Gasteiger partial charge in [-0.15, -0.1) is 11.3 Å². The van der Waals surface area contributed by atoms with Gasteiger partial charge in [-0.2, -0.15) is 0 Å². The minimum Gasteiger partial charge on any atom is -0.329 e. The van der Waals surface area contributed by atoms with E-state index in [9.17, 15) is 18.4 Å². The Morgan fingerprint density at radius 3 is 2.61 bits per heavy atom. The largest absolute Gasteiger partial charge is 0.329 e. The van der Waals surface area contributed by atoms with E-state index in [4.69, 9.17) is 0 Å². The van der Waals surface area contributed by atoms with Gasteiger partial charge in [0.05, 0.1) is 17.6 Å². The summed E-state index contributed by atoms with van der Waals surface area (Å²) in [6.45, 7) is 4.49. The van der Waals surface area contributed by atoms with E-state index in [-0.39, 0.29) is 17.5 Å². The summed E-state index contributed by atoms with van der Waals surface area (Å²) in [4.78, 5) is 29.5. The highest BCUT2D eigenvalue weighted by atomic mass is 32.1. The molecule has 2 heterocycles. The minimum absolute atomic E-state index is 0.135. The molecule has 0 saturated carbocycles. The first-order chi connectivity index (χ1) is 14.9. The third-order valence-electron chi connectivity index (χ3n) is 5.30. The standard InChI is InChI=1S/C24H22F2N2O2S/c1-14(2)13-28-22(20-8-5-11-31-20)21(16-6-3-4-7-17(16)24(28)30)23(29)27-19-12-15(25)9-10-18(19)26/h3-12,14,21-22H,13H2,1-2H3,(H,27,29)/t21-,22-/m1/s1. The van der Waals surface area contributed by atoms with E-state index in [0.29, 0.717) is 17.7 Å². The third-order valence-corrected chi connectivity index (χ3v) is 6.25. The maximum Gasteiger partial charge on any atom is 0.254 e. The topological polar surface area (TPSA) is 49.4 Å². The van der Waals surface area contributed by atoms with Crippen LogP contribution >= 0.6 is 11.3 Å². The number of amides is 2. The Bertz CT molecular complexity index is 1110. The van der Waals surface area contributed by atoms with Gasteiger partial charge in [-0.1, -0.05) is 38.1 Å². The van der Waals surface area contributed by atoms with Gasteiger partial charge < -0.3 is 10.2 Å². The average molecular weight is 441 g/mol. The lowest BCUT2D eigenvalue weighted by Crippen LogP contribution is -2.47. The lowest BCUT2D eigenvalue weighted by atomic mass is 9.81. The predicted octanol–water partition coefficient (Wildman–Crippen LogP) is 5.60. The Morgan fingerprint density at radius 1 is 1.13 bits per heavy atom. The molecule has 0 spiro atoms. The number of anilines is 1. The summed E-state index contributed by atoms with van der Waals surface area (Å²) in [5, 5.41) is 4.45. The first-order valence-corrected chi connectivity index (χ1v) is 10.9. The maximum absolute atomic E-state index is 14.2. The van der Waals surface area contributed by atoms with Crippen molar-refractivity contribution >= 4 is 28.8 Å². The number of benzene rings is 2. The van der Waals surface area contributed by atoms with Crippen LogP contribution in [0.25, 0.3) is 0 Å². The first kappa shape index (κ1) is 21.2. The van der Waals surface area contributed by atoms with Gasteiger partial charge in [0.25, 0.3) is 5.91 Å². The zero-order valence-corrected chi connectivity index (χ0v) is 18.0. The molecular weight excluding hydrogens is 418 g/mol. The molecule has 1 N–H and O–H groups in total. The van der Waals surface area contributed by atoms with Gasteiger partial charge in [0, 0.05) is 23.1 Å². The minimum atomic E-state index is -0.769. The summed E-state index contributed by atoms with van der Waals surface area (Å²) >= 11 is 1.46. The smallest absolute Gasteiger partial charge is 0.254 e. The van der Waals surface area contributed by atoms with Crippen LogP contribution in [0.15, 0.2) is 60.0 Å². The second-order valence-corrected chi connectivity index (χ2v) is 8.97. The summed E-state index contributed by atoms with van der Waals surface area (Å²) in [5.41, 5.74) is 0.816. The fraction of sp³-hybridized carbons (Fsp3) is 0.250. The quantitative estimate of drug-likeness (QED) is 0.561. The number of nitrogens with zero attached hydrogens (tertiary/aromatic N) is 1. The van der Waals surface area contributed by atoms with Gasteiger partial charge in [0.15, 0.2) is 0 Å². The molecule has 1 aromatic heterocycles. The van der Waals surface area contributed by atoms with E-state index in [2.05, 4.69) is 5.32 Å². The summed E-state index contributed by atoms with van der Waals surface area (Å²) in [6, 6.07) is 13.2. The lowest BCUT2D eigenvalue weighted by molar-refractivity contribution is -0.119. The fourth-order valence-corrected chi connectivity index (χ4v) is 4.92. The Hall–Kier alpha value is -3.06. The van der Waals surface area contributed by atoms with Crippen LogP contribution in [0.2, 0.25) is 0 Å². The second-order valence-electron chi connectivity index (χ2n) is 7.99. The number of hydrogen-bond donors (Lipinski definition) is 1. The van der Waals surface area contributed by atoms with Gasteiger partial charge in [-0.3, -0.25) is 9.59 Å². The normalized spacial score (nSPS) is 18.2. The van der Waals surface area contributed by atoms with Crippen LogP contribution in [-0.2, 0) is 4.79 Å². The van der Waals surface area contributed by atoms with Gasteiger partial charge in [-0.05, 0) is 41.1 Å². The number of carbonyl (C=O) groups is 2. The molecule has 0 fully saturated rings. The maximum atomic E-state index is 14.2. The van der Waals surface area contributed by atoms with Crippen molar-refractivity contribution in [1.82, 2.24) is 4.90 Å². The van der Waals surface area contributed by atoms with Gasteiger partial charge in [0.2, 0.25) is 5.91 Å². The van der Waals surface area contributed by atoms with Crippen LogP contribution in [0.4, 0.5) is 14.5 Å². The number of fused-ring (bicyclic) bond motifs is 1. The van der Waals surface area contributed by atoms with E-state index in [1.165, 1.54) is 11.3 Å². The molecule has 1 aliphatic rings. The number of halogens is 2.